The predicted octanol–water partition coefficient (Wildman–Crippen LogP) is 7.24. The normalized spacial score (nSPS) is 15.4. The number of rotatable bonds is 8. The van der Waals surface area contributed by atoms with E-state index in [-0.39, 0.29) is 5.57 Å². The van der Waals surface area contributed by atoms with E-state index in [9.17, 15) is 14.7 Å². The van der Waals surface area contributed by atoms with Crippen molar-refractivity contribution in [2.75, 3.05) is 11.5 Å². The Labute approximate surface area is 232 Å². The smallest absolute Gasteiger partial charge is 0.294 e. The van der Waals surface area contributed by atoms with Gasteiger partial charge in [-0.15, -0.1) is 11.3 Å². The number of carbonyl (C=O) groups excluding carboxylic acids is 2. The summed E-state index contributed by atoms with van der Waals surface area (Å²) in [4.78, 5) is 34.1. The lowest BCUT2D eigenvalue weighted by atomic mass is 9.94. The van der Waals surface area contributed by atoms with Gasteiger partial charge < -0.3 is 9.84 Å². The van der Waals surface area contributed by atoms with Crippen LogP contribution in [-0.2, 0) is 4.79 Å². The molecule has 39 heavy (non-hydrogen) atoms. The summed E-state index contributed by atoms with van der Waals surface area (Å²) >= 11 is 1.27. The van der Waals surface area contributed by atoms with Crippen LogP contribution in [0.1, 0.15) is 46.4 Å². The number of nitrogens with zero attached hydrogens (tertiary/aromatic N) is 2. The number of aromatic nitrogens is 1. The number of carbonyl (C=O) groups is 2. The number of aliphatic hydroxyl groups is 1. The van der Waals surface area contributed by atoms with Gasteiger partial charge >= 0.3 is 0 Å². The van der Waals surface area contributed by atoms with E-state index in [1.807, 2.05) is 61.5 Å². The largest absolute Gasteiger partial charge is 0.503 e. The maximum absolute atomic E-state index is 14.1. The highest BCUT2D eigenvalue weighted by Crippen LogP contribution is 2.43. The molecule has 3 aromatic carbocycles. The molecule has 2 heterocycles. The zero-order valence-corrected chi connectivity index (χ0v) is 23.2. The number of aliphatic hydroxyl groups excluding tert-OH is 1. The molecule has 6 nitrogen and oxygen atoms in total. The Morgan fingerprint density at radius 2 is 1.74 bits per heavy atom. The van der Waals surface area contributed by atoms with Gasteiger partial charge in [-0.1, -0.05) is 74.0 Å². The third kappa shape index (κ3) is 5.22. The van der Waals surface area contributed by atoms with Gasteiger partial charge in [-0.3, -0.25) is 14.5 Å². The Morgan fingerprint density at radius 1 is 1.03 bits per heavy atom. The number of amides is 1. The highest BCUT2D eigenvalue weighted by atomic mass is 32.1. The second-order valence-corrected chi connectivity index (χ2v) is 11.1. The van der Waals surface area contributed by atoms with Crippen LogP contribution in [0.5, 0.6) is 5.75 Å². The highest BCUT2D eigenvalue weighted by Gasteiger charge is 2.45. The Bertz CT molecular complexity index is 1550. The van der Waals surface area contributed by atoms with Crippen LogP contribution in [0.25, 0.3) is 10.6 Å². The van der Waals surface area contributed by atoms with E-state index >= 15 is 0 Å². The average molecular weight is 539 g/mol. The van der Waals surface area contributed by atoms with Gasteiger partial charge in [0.2, 0.25) is 5.78 Å². The number of ketones is 1. The van der Waals surface area contributed by atoms with Crippen LogP contribution in [0.2, 0.25) is 0 Å². The summed E-state index contributed by atoms with van der Waals surface area (Å²) in [7, 11) is 0. The number of Topliss-reactive ketones (excluding diaryl/α,β-unsaturated/α-hetero) is 1. The molecule has 0 saturated carbocycles. The number of benzene rings is 3. The first-order valence-corrected chi connectivity index (χ1v) is 13.7. The molecule has 1 unspecified atom stereocenters. The van der Waals surface area contributed by atoms with E-state index < -0.39 is 23.5 Å². The van der Waals surface area contributed by atoms with E-state index in [0.29, 0.717) is 39.5 Å². The van der Waals surface area contributed by atoms with Gasteiger partial charge in [0.1, 0.15) is 10.8 Å². The van der Waals surface area contributed by atoms with E-state index in [2.05, 4.69) is 18.8 Å². The van der Waals surface area contributed by atoms with Crippen LogP contribution in [0.3, 0.4) is 0 Å². The van der Waals surface area contributed by atoms with Crippen molar-refractivity contribution in [2.45, 2.75) is 33.7 Å². The number of aryl methyl sites for hydroxylation is 2. The Morgan fingerprint density at radius 3 is 2.41 bits per heavy atom. The zero-order valence-electron chi connectivity index (χ0n) is 22.3. The van der Waals surface area contributed by atoms with Crippen molar-refractivity contribution in [3.05, 3.63) is 112 Å². The van der Waals surface area contributed by atoms with Crippen molar-refractivity contribution in [1.82, 2.24) is 4.98 Å². The molecule has 0 aliphatic carbocycles. The molecule has 0 radical (unpaired) electrons. The summed E-state index contributed by atoms with van der Waals surface area (Å²) in [6.45, 7) is 8.46. The summed E-state index contributed by atoms with van der Waals surface area (Å²) in [6.07, 6.45) is 0. The molecule has 7 heteroatoms. The Balaban J connectivity index is 1.56. The lowest BCUT2D eigenvalue weighted by molar-refractivity contribution is -0.117. The lowest BCUT2D eigenvalue weighted by Gasteiger charge is -2.27. The summed E-state index contributed by atoms with van der Waals surface area (Å²) in [5.41, 5.74) is 3.80. The number of anilines is 1. The standard InChI is InChI=1S/C32H30N2O4S/c1-19(2)18-38-25-15-13-24(14-16-25)34-27(23-12-8-9-20(3)17-23)26(29(36)32(34)37)28(35)30-21(4)33-31(39-30)22-10-6-5-7-11-22/h5-17,19,27,36H,18H2,1-4H3. The second-order valence-electron chi connectivity index (χ2n) is 10.1. The van der Waals surface area contributed by atoms with Gasteiger partial charge in [0.25, 0.3) is 5.91 Å². The van der Waals surface area contributed by atoms with Crippen molar-refractivity contribution in [1.29, 1.82) is 0 Å². The fraction of sp³-hybridized carbons (Fsp3) is 0.219. The van der Waals surface area contributed by atoms with E-state index in [0.717, 1.165) is 16.7 Å². The molecule has 0 saturated heterocycles. The van der Waals surface area contributed by atoms with Gasteiger partial charge in [-0.25, -0.2) is 4.98 Å². The van der Waals surface area contributed by atoms with Crippen LogP contribution in [0.4, 0.5) is 5.69 Å². The lowest BCUT2D eigenvalue weighted by Crippen LogP contribution is -2.31. The monoisotopic (exact) mass is 538 g/mol. The molecule has 0 bridgehead atoms. The molecular weight excluding hydrogens is 508 g/mol. The quantitative estimate of drug-likeness (QED) is 0.239. The molecule has 4 aromatic rings. The number of hydrogen-bond donors (Lipinski definition) is 1. The SMILES string of the molecule is Cc1cccc(C2C(C(=O)c3sc(-c4ccccc4)nc3C)=C(O)C(=O)N2c2ccc(OCC(C)C)cc2)c1. The Hall–Kier alpha value is -4.23. The zero-order chi connectivity index (χ0) is 27.7. The van der Waals surface area contributed by atoms with Crippen LogP contribution in [0, 0.1) is 19.8 Å². The van der Waals surface area contributed by atoms with Crippen molar-refractivity contribution >= 4 is 28.7 Å². The van der Waals surface area contributed by atoms with Gasteiger partial charge in [-0.2, -0.15) is 0 Å². The molecule has 1 amide bonds. The van der Waals surface area contributed by atoms with Crippen molar-refractivity contribution in [3.63, 3.8) is 0 Å². The Kier molecular flexibility index (Phi) is 7.35. The van der Waals surface area contributed by atoms with Gasteiger partial charge in [0.15, 0.2) is 5.76 Å². The predicted molar refractivity (Wildman–Crippen MR) is 154 cm³/mol. The van der Waals surface area contributed by atoms with Crippen LogP contribution < -0.4 is 9.64 Å². The summed E-state index contributed by atoms with van der Waals surface area (Å²) in [5.74, 6) is -0.493. The molecule has 198 valence electrons. The third-order valence-electron chi connectivity index (χ3n) is 6.53. The summed E-state index contributed by atoms with van der Waals surface area (Å²) in [6, 6.07) is 23.7. The minimum absolute atomic E-state index is 0.0529. The molecular formula is C32H30N2O4S. The second kappa shape index (κ2) is 10.9. The molecule has 5 rings (SSSR count). The maximum atomic E-state index is 14.1. The molecule has 1 aliphatic rings. The van der Waals surface area contributed by atoms with E-state index in [1.165, 1.54) is 16.2 Å². The highest BCUT2D eigenvalue weighted by molar-refractivity contribution is 7.17. The van der Waals surface area contributed by atoms with Gasteiger partial charge in [-0.05, 0) is 49.6 Å². The molecule has 1 aliphatic heterocycles. The first-order chi connectivity index (χ1) is 18.7. The van der Waals surface area contributed by atoms with Crippen LogP contribution in [0.15, 0.2) is 90.2 Å². The molecule has 1 N–H and O–H groups in total. The fourth-order valence-corrected chi connectivity index (χ4v) is 5.68. The first-order valence-electron chi connectivity index (χ1n) is 12.9. The van der Waals surface area contributed by atoms with Crippen LogP contribution >= 0.6 is 11.3 Å². The summed E-state index contributed by atoms with van der Waals surface area (Å²) in [5, 5.41) is 11.9. The van der Waals surface area contributed by atoms with Crippen molar-refractivity contribution in [2.24, 2.45) is 5.92 Å². The first kappa shape index (κ1) is 26.4. The van der Waals surface area contributed by atoms with Gasteiger partial charge in [0.05, 0.1) is 28.8 Å². The fourth-order valence-electron chi connectivity index (χ4n) is 4.66. The minimum atomic E-state index is -0.797. The van der Waals surface area contributed by atoms with Gasteiger partial charge in [0, 0.05) is 11.3 Å². The maximum Gasteiger partial charge on any atom is 0.294 e. The molecule has 1 aromatic heterocycles. The number of hydrogen-bond acceptors (Lipinski definition) is 6. The summed E-state index contributed by atoms with van der Waals surface area (Å²) < 4.78 is 5.81. The molecule has 0 spiro atoms. The van der Waals surface area contributed by atoms with Crippen molar-refractivity contribution < 1.29 is 19.4 Å². The topological polar surface area (TPSA) is 79.7 Å². The van der Waals surface area contributed by atoms with Crippen molar-refractivity contribution in [3.8, 4) is 16.3 Å². The third-order valence-corrected chi connectivity index (χ3v) is 7.74. The van der Waals surface area contributed by atoms with E-state index in [1.54, 1.807) is 31.2 Å². The van der Waals surface area contributed by atoms with E-state index in [4.69, 9.17) is 4.74 Å². The molecule has 0 fully saturated rings. The minimum Gasteiger partial charge on any atom is -0.503 e. The number of thiazole rings is 1. The number of ether oxygens (including phenoxy) is 1. The molecule has 1 atom stereocenters. The van der Waals surface area contributed by atoms with Crippen LogP contribution in [-0.4, -0.2) is 28.4 Å². The average Bonchev–Trinajstić information content (AvgIpc) is 3.45.